The molecule has 3 rings (SSSR count). The maximum absolute atomic E-state index is 13.2. The van der Waals surface area contributed by atoms with E-state index in [4.69, 9.17) is 16.3 Å². The van der Waals surface area contributed by atoms with Gasteiger partial charge in [-0.1, -0.05) is 23.7 Å². The van der Waals surface area contributed by atoms with Crippen LogP contribution in [0.25, 0.3) is 0 Å². The number of hydrogen-bond donors (Lipinski definition) is 1. The van der Waals surface area contributed by atoms with Crippen molar-refractivity contribution < 1.29 is 23.8 Å². The summed E-state index contributed by atoms with van der Waals surface area (Å²) in [7, 11) is 0. The number of hydrogen-bond acceptors (Lipinski definition) is 5. The first-order valence-electron chi connectivity index (χ1n) is 9.05. The molecule has 0 bridgehead atoms. The number of carbonyl (C=O) groups is 1. The van der Waals surface area contributed by atoms with Gasteiger partial charge >= 0.3 is 5.97 Å². The highest BCUT2D eigenvalue weighted by Crippen LogP contribution is 2.25. The Hall–Kier alpha value is -2.86. The Morgan fingerprint density at radius 2 is 1.86 bits per heavy atom. The molecule has 6 nitrogen and oxygen atoms in total. The fraction of sp³-hybridized carbons (Fsp3) is 0.286. The van der Waals surface area contributed by atoms with Crippen LogP contribution < -0.4 is 4.74 Å². The predicted molar refractivity (Wildman–Crippen MR) is 106 cm³/mol. The topological polar surface area (TPSA) is 70.1 Å². The lowest BCUT2D eigenvalue weighted by atomic mass is 10.0. The number of nitrogens with zero attached hydrogens (tertiary/aromatic N) is 2. The summed E-state index contributed by atoms with van der Waals surface area (Å²) < 4.78 is 18.9. The van der Waals surface area contributed by atoms with Crippen LogP contribution >= 0.6 is 11.6 Å². The van der Waals surface area contributed by atoms with E-state index in [1.54, 1.807) is 41.3 Å². The average molecular weight is 419 g/mol. The molecule has 1 fully saturated rings. The molecule has 0 radical (unpaired) electrons. The van der Waals surface area contributed by atoms with Crippen LogP contribution in [0.4, 0.5) is 4.39 Å². The summed E-state index contributed by atoms with van der Waals surface area (Å²) in [5.74, 6) is 1.13. The van der Waals surface area contributed by atoms with E-state index in [1.807, 2.05) is 10.8 Å². The van der Waals surface area contributed by atoms with E-state index < -0.39 is 12.0 Å². The summed E-state index contributed by atoms with van der Waals surface area (Å²) in [6.07, 6.45) is -0.247. The van der Waals surface area contributed by atoms with Crippen molar-refractivity contribution in [3.63, 3.8) is 0 Å². The largest absolute Gasteiger partial charge is 0.481 e. The molecule has 1 saturated heterocycles. The summed E-state index contributed by atoms with van der Waals surface area (Å²) >= 11 is 5.86. The van der Waals surface area contributed by atoms with Crippen molar-refractivity contribution in [3.05, 3.63) is 70.6 Å². The number of rotatable bonds is 7. The zero-order valence-corrected chi connectivity index (χ0v) is 16.3. The molecule has 0 aliphatic carbocycles. The number of piperazine rings is 1. The number of carboxylic acids is 1. The number of aliphatic carboxylic acids is 1. The molecule has 0 amide bonds. The molecule has 2 aromatic rings. The van der Waals surface area contributed by atoms with Gasteiger partial charge in [-0.25, -0.2) is 9.18 Å². The van der Waals surface area contributed by atoms with Gasteiger partial charge in [0.2, 0.25) is 0 Å². The van der Waals surface area contributed by atoms with Crippen LogP contribution in [-0.4, -0.2) is 52.7 Å². The van der Waals surface area contributed by atoms with E-state index >= 15 is 0 Å². The van der Waals surface area contributed by atoms with Gasteiger partial charge in [0.05, 0.1) is 12.5 Å². The monoisotopic (exact) mass is 418 g/mol. The summed E-state index contributed by atoms with van der Waals surface area (Å²) in [5, 5.41) is 9.92. The van der Waals surface area contributed by atoms with Crippen molar-refractivity contribution in [1.29, 1.82) is 0 Å². The molecule has 1 aliphatic rings. The first kappa shape index (κ1) is 20.9. The number of carbonyl (C=O) groups excluding carboxylic acids is 1. The fourth-order valence-corrected chi connectivity index (χ4v) is 3.39. The molecule has 29 heavy (non-hydrogen) atoms. The van der Waals surface area contributed by atoms with Gasteiger partial charge in [0, 0.05) is 24.7 Å². The second-order valence-electron chi connectivity index (χ2n) is 6.69. The van der Waals surface area contributed by atoms with Gasteiger partial charge in [-0.05, 0) is 42.0 Å². The van der Waals surface area contributed by atoms with Crippen LogP contribution in [0.5, 0.6) is 5.75 Å². The van der Waals surface area contributed by atoms with Crippen LogP contribution in [0.3, 0.4) is 0 Å². The smallest absolute Gasteiger partial charge is 0.305 e. The van der Waals surface area contributed by atoms with Crippen molar-refractivity contribution >= 4 is 23.5 Å². The van der Waals surface area contributed by atoms with E-state index in [2.05, 4.69) is 0 Å². The summed E-state index contributed by atoms with van der Waals surface area (Å²) in [6, 6.07) is 12.2. The molecule has 1 aliphatic heterocycles. The summed E-state index contributed by atoms with van der Waals surface area (Å²) in [5.41, 5.74) is 1.06. The highest BCUT2D eigenvalue weighted by Gasteiger charge is 2.34. The Kier molecular flexibility index (Phi) is 6.88. The molecular weight excluding hydrogens is 399 g/mol. The maximum Gasteiger partial charge on any atom is 0.305 e. The number of benzene rings is 2. The third kappa shape index (κ3) is 5.57. The SMILES string of the molecule is O=C=C1C(CC(=O)O)N(Cc2ccc(F)cc2)CCN1COc1ccc(Cl)cc1. The lowest BCUT2D eigenvalue weighted by Crippen LogP contribution is -2.52. The zero-order chi connectivity index (χ0) is 20.8. The highest BCUT2D eigenvalue weighted by atomic mass is 35.5. The van der Waals surface area contributed by atoms with Gasteiger partial charge in [-0.15, -0.1) is 0 Å². The normalized spacial score (nSPS) is 17.1. The molecular formula is C21H20ClFN2O4. The lowest BCUT2D eigenvalue weighted by Gasteiger charge is -2.41. The second kappa shape index (κ2) is 9.56. The van der Waals surface area contributed by atoms with Crippen LogP contribution in [0, 0.1) is 5.82 Å². The molecule has 0 spiro atoms. The second-order valence-corrected chi connectivity index (χ2v) is 7.13. The van der Waals surface area contributed by atoms with Crippen molar-refractivity contribution in [2.24, 2.45) is 0 Å². The minimum Gasteiger partial charge on any atom is -0.481 e. The Morgan fingerprint density at radius 3 is 2.48 bits per heavy atom. The predicted octanol–water partition coefficient (Wildman–Crippen LogP) is 3.19. The van der Waals surface area contributed by atoms with Gasteiger partial charge in [0.15, 0.2) is 6.73 Å². The molecule has 1 unspecified atom stereocenters. The van der Waals surface area contributed by atoms with Crippen LogP contribution in [0.1, 0.15) is 12.0 Å². The third-order valence-corrected chi connectivity index (χ3v) is 4.98. The van der Waals surface area contributed by atoms with E-state index in [0.29, 0.717) is 30.4 Å². The van der Waals surface area contributed by atoms with Gasteiger partial charge in [0.25, 0.3) is 0 Å². The molecule has 0 aromatic heterocycles. The Labute approximate surface area is 172 Å². The Bertz CT molecular complexity index is 898. The van der Waals surface area contributed by atoms with Crippen molar-refractivity contribution in [1.82, 2.24) is 9.80 Å². The van der Waals surface area contributed by atoms with Crippen molar-refractivity contribution in [2.75, 3.05) is 19.8 Å². The molecule has 0 saturated carbocycles. The first-order valence-corrected chi connectivity index (χ1v) is 9.42. The Balaban J connectivity index is 1.73. The maximum atomic E-state index is 13.2. The van der Waals surface area contributed by atoms with Crippen LogP contribution in [-0.2, 0) is 16.1 Å². The first-order chi connectivity index (χ1) is 14.0. The van der Waals surface area contributed by atoms with E-state index in [0.717, 1.165) is 5.56 Å². The lowest BCUT2D eigenvalue weighted by molar-refractivity contribution is -0.138. The number of ether oxygens (including phenoxy) is 1. The minimum atomic E-state index is -1.02. The van der Waals surface area contributed by atoms with Gasteiger partial charge in [-0.3, -0.25) is 9.69 Å². The standard InChI is InChI=1S/C21H20ClFN2O4/c22-16-3-7-18(8-4-16)29-14-25-10-9-24(12-15-1-5-17(23)6-2-15)19(11-21(27)28)20(25)13-26/h1-8,19H,9-12,14H2,(H,27,28). The summed E-state index contributed by atoms with van der Waals surface area (Å²) in [4.78, 5) is 26.7. The summed E-state index contributed by atoms with van der Waals surface area (Å²) in [6.45, 7) is 1.47. The zero-order valence-electron chi connectivity index (χ0n) is 15.6. The molecule has 8 heteroatoms. The molecule has 2 aromatic carbocycles. The Morgan fingerprint density at radius 1 is 1.17 bits per heavy atom. The van der Waals surface area contributed by atoms with E-state index in [-0.39, 0.29) is 24.7 Å². The quantitative estimate of drug-likeness (QED) is 0.696. The molecule has 1 N–H and O–H groups in total. The minimum absolute atomic E-state index is 0.0900. The number of halogens is 2. The van der Waals surface area contributed by atoms with Gasteiger partial charge in [-0.2, -0.15) is 0 Å². The fourth-order valence-electron chi connectivity index (χ4n) is 3.26. The third-order valence-electron chi connectivity index (χ3n) is 4.73. The molecule has 1 atom stereocenters. The number of carboxylic acid groups (broad SMARTS) is 1. The molecule has 1 heterocycles. The average Bonchev–Trinajstić information content (AvgIpc) is 2.70. The van der Waals surface area contributed by atoms with Crippen molar-refractivity contribution in [2.45, 2.75) is 19.0 Å². The highest BCUT2D eigenvalue weighted by molar-refractivity contribution is 6.30. The van der Waals surface area contributed by atoms with Crippen LogP contribution in [0.2, 0.25) is 5.02 Å². The van der Waals surface area contributed by atoms with Gasteiger partial charge < -0.3 is 14.7 Å². The van der Waals surface area contributed by atoms with E-state index in [9.17, 15) is 19.1 Å². The molecule has 152 valence electrons. The van der Waals surface area contributed by atoms with Crippen LogP contribution in [0.15, 0.2) is 54.2 Å². The van der Waals surface area contributed by atoms with E-state index in [1.165, 1.54) is 12.1 Å². The van der Waals surface area contributed by atoms with Gasteiger partial charge in [0.1, 0.15) is 23.2 Å². The van der Waals surface area contributed by atoms with Crippen molar-refractivity contribution in [3.8, 4) is 5.75 Å².